The van der Waals surface area contributed by atoms with Crippen LogP contribution < -0.4 is 5.32 Å². The van der Waals surface area contributed by atoms with Gasteiger partial charge >= 0.3 is 5.97 Å². The molecule has 1 aliphatic rings. The van der Waals surface area contributed by atoms with Crippen molar-refractivity contribution in [1.82, 2.24) is 5.32 Å². The van der Waals surface area contributed by atoms with Crippen molar-refractivity contribution in [2.75, 3.05) is 0 Å². The molecule has 0 aromatic heterocycles. The smallest absolute Gasteiger partial charge is 0.311 e. The third kappa shape index (κ3) is 3.27. The Labute approximate surface area is 101 Å². The van der Waals surface area contributed by atoms with Gasteiger partial charge in [-0.15, -0.1) is 0 Å². The Bertz CT molecular complexity index is 314. The number of carbonyl (C=O) groups is 2. The fraction of sp³-hybridized carbons (Fsp3) is 0.636. The van der Waals surface area contributed by atoms with E-state index in [9.17, 15) is 9.59 Å². The molecule has 0 aromatic carbocycles. The number of thiol groups is 1. The van der Waals surface area contributed by atoms with Gasteiger partial charge in [-0.05, 0) is 19.3 Å². The summed E-state index contributed by atoms with van der Waals surface area (Å²) < 4.78 is 0. The van der Waals surface area contributed by atoms with Crippen LogP contribution >= 0.6 is 12.6 Å². The minimum Gasteiger partial charge on any atom is -0.481 e. The zero-order valence-corrected chi connectivity index (χ0v) is 10.3. The Morgan fingerprint density at radius 1 is 1.50 bits per heavy atom. The van der Waals surface area contributed by atoms with Gasteiger partial charge in [0.05, 0.1) is 17.2 Å². The van der Waals surface area contributed by atoms with Gasteiger partial charge in [0.25, 0.3) is 0 Å². The zero-order chi connectivity index (χ0) is 12.3. The van der Waals surface area contributed by atoms with E-state index in [4.69, 9.17) is 5.11 Å². The molecule has 0 aromatic rings. The molecule has 0 saturated heterocycles. The number of hydrogen-bond donors (Lipinski definition) is 3. The SMILES string of the molecule is CC1C=CC(C(=O)O)C(C(=O)NC(C)S)C1. The standard InChI is InChI=1S/C11H17NO3S/c1-6-3-4-8(11(14)15)9(5-6)10(13)12-7(2)16/h3-4,6-9,16H,5H2,1-2H3,(H,12,13)(H,14,15). The molecule has 0 saturated carbocycles. The van der Waals surface area contributed by atoms with Crippen molar-refractivity contribution in [1.29, 1.82) is 0 Å². The van der Waals surface area contributed by atoms with Crippen LogP contribution in [-0.2, 0) is 9.59 Å². The van der Waals surface area contributed by atoms with Gasteiger partial charge in [-0.2, -0.15) is 12.6 Å². The molecule has 1 amide bonds. The summed E-state index contributed by atoms with van der Waals surface area (Å²) in [5.41, 5.74) is 0. The molecule has 0 bridgehead atoms. The molecule has 90 valence electrons. The Morgan fingerprint density at radius 3 is 2.62 bits per heavy atom. The maximum Gasteiger partial charge on any atom is 0.311 e. The third-order valence-electron chi connectivity index (χ3n) is 2.68. The van der Waals surface area contributed by atoms with Crippen molar-refractivity contribution < 1.29 is 14.7 Å². The monoisotopic (exact) mass is 243 g/mol. The predicted molar refractivity (Wildman–Crippen MR) is 64.1 cm³/mol. The molecule has 0 aliphatic heterocycles. The number of nitrogens with one attached hydrogen (secondary N) is 1. The lowest BCUT2D eigenvalue weighted by molar-refractivity contribution is -0.145. The minimum atomic E-state index is -0.949. The highest BCUT2D eigenvalue weighted by atomic mass is 32.1. The third-order valence-corrected chi connectivity index (χ3v) is 2.81. The summed E-state index contributed by atoms with van der Waals surface area (Å²) >= 11 is 4.06. The molecule has 16 heavy (non-hydrogen) atoms. The minimum absolute atomic E-state index is 0.230. The normalized spacial score (nSPS) is 30.8. The van der Waals surface area contributed by atoms with Gasteiger partial charge < -0.3 is 10.4 Å². The molecule has 5 heteroatoms. The van der Waals surface area contributed by atoms with Gasteiger partial charge in [0.15, 0.2) is 0 Å². The van der Waals surface area contributed by atoms with Crippen molar-refractivity contribution in [2.45, 2.75) is 25.6 Å². The molecular formula is C11H17NO3S. The fourth-order valence-electron chi connectivity index (χ4n) is 1.91. The summed E-state index contributed by atoms with van der Waals surface area (Å²) in [7, 11) is 0. The first-order valence-electron chi connectivity index (χ1n) is 5.31. The Morgan fingerprint density at radius 2 is 2.12 bits per heavy atom. The molecule has 4 unspecified atom stereocenters. The zero-order valence-electron chi connectivity index (χ0n) is 9.38. The van der Waals surface area contributed by atoms with Crippen molar-refractivity contribution in [3.8, 4) is 0 Å². The van der Waals surface area contributed by atoms with Crippen molar-refractivity contribution in [2.24, 2.45) is 17.8 Å². The molecule has 2 N–H and O–H groups in total. The number of carboxylic acid groups (broad SMARTS) is 1. The van der Waals surface area contributed by atoms with Crippen LogP contribution in [0.4, 0.5) is 0 Å². The highest BCUT2D eigenvalue weighted by Crippen LogP contribution is 2.28. The summed E-state index contributed by atoms with van der Waals surface area (Å²) in [6.07, 6.45) is 4.04. The quantitative estimate of drug-likeness (QED) is 0.397. The first kappa shape index (κ1) is 13.1. The second-order valence-corrected chi connectivity index (χ2v) is 5.03. The molecule has 0 heterocycles. The van der Waals surface area contributed by atoms with Crippen LogP contribution in [0.5, 0.6) is 0 Å². The Hall–Kier alpha value is -0.970. The number of aliphatic carboxylic acids is 1. The highest BCUT2D eigenvalue weighted by Gasteiger charge is 2.35. The first-order chi connectivity index (χ1) is 7.41. The molecule has 4 nitrogen and oxygen atoms in total. The number of hydrogen-bond acceptors (Lipinski definition) is 3. The number of amides is 1. The Kier molecular flexibility index (Phi) is 4.41. The number of allylic oxidation sites excluding steroid dienone is 1. The van der Waals surface area contributed by atoms with Gasteiger partial charge in [0, 0.05) is 0 Å². The van der Waals surface area contributed by atoms with E-state index >= 15 is 0 Å². The molecule has 0 radical (unpaired) electrons. The number of carbonyl (C=O) groups excluding carboxylic acids is 1. The van der Waals surface area contributed by atoms with Gasteiger partial charge in [-0.3, -0.25) is 9.59 Å². The Balaban J connectivity index is 2.79. The summed E-state index contributed by atoms with van der Waals surface area (Å²) in [5, 5.41) is 11.4. The van der Waals surface area contributed by atoms with Crippen molar-refractivity contribution in [3.05, 3.63) is 12.2 Å². The van der Waals surface area contributed by atoms with Gasteiger partial charge in [-0.1, -0.05) is 19.1 Å². The molecule has 0 fully saturated rings. The second-order valence-electron chi connectivity index (χ2n) is 4.25. The van der Waals surface area contributed by atoms with E-state index in [0.29, 0.717) is 6.42 Å². The maximum absolute atomic E-state index is 11.8. The van der Waals surface area contributed by atoms with E-state index < -0.39 is 17.8 Å². The van der Waals surface area contributed by atoms with E-state index in [2.05, 4.69) is 17.9 Å². The summed E-state index contributed by atoms with van der Waals surface area (Å²) in [5.74, 6) is -2.15. The largest absolute Gasteiger partial charge is 0.481 e. The lowest BCUT2D eigenvalue weighted by Crippen LogP contribution is -2.41. The molecule has 4 atom stereocenters. The number of rotatable bonds is 3. The van der Waals surface area contributed by atoms with Crippen LogP contribution in [0, 0.1) is 17.8 Å². The molecule has 0 spiro atoms. The van der Waals surface area contributed by atoms with Crippen LogP contribution in [0.2, 0.25) is 0 Å². The lowest BCUT2D eigenvalue weighted by atomic mass is 9.79. The molecule has 1 rings (SSSR count). The van der Waals surface area contributed by atoms with Gasteiger partial charge in [0.2, 0.25) is 5.91 Å². The topological polar surface area (TPSA) is 66.4 Å². The van der Waals surface area contributed by atoms with E-state index in [0.717, 1.165) is 0 Å². The van der Waals surface area contributed by atoms with E-state index in [-0.39, 0.29) is 17.2 Å². The molecular weight excluding hydrogens is 226 g/mol. The fourth-order valence-corrected chi connectivity index (χ4v) is 2.03. The molecule has 1 aliphatic carbocycles. The average molecular weight is 243 g/mol. The van der Waals surface area contributed by atoms with E-state index in [1.54, 1.807) is 13.0 Å². The van der Waals surface area contributed by atoms with Crippen LogP contribution in [0.25, 0.3) is 0 Å². The summed E-state index contributed by atoms with van der Waals surface area (Å²) in [4.78, 5) is 22.8. The van der Waals surface area contributed by atoms with E-state index in [1.807, 2.05) is 13.0 Å². The second kappa shape index (κ2) is 5.39. The maximum atomic E-state index is 11.8. The van der Waals surface area contributed by atoms with Crippen LogP contribution in [0.1, 0.15) is 20.3 Å². The van der Waals surface area contributed by atoms with Crippen molar-refractivity contribution >= 4 is 24.5 Å². The van der Waals surface area contributed by atoms with Crippen LogP contribution in [0.15, 0.2) is 12.2 Å². The lowest BCUT2D eigenvalue weighted by Gasteiger charge is -2.27. The van der Waals surface area contributed by atoms with E-state index in [1.165, 1.54) is 0 Å². The summed E-state index contributed by atoms with van der Waals surface area (Å²) in [6.45, 7) is 3.71. The highest BCUT2D eigenvalue weighted by molar-refractivity contribution is 7.80. The number of carboxylic acids is 1. The first-order valence-corrected chi connectivity index (χ1v) is 5.83. The van der Waals surface area contributed by atoms with Crippen molar-refractivity contribution in [3.63, 3.8) is 0 Å². The van der Waals surface area contributed by atoms with Gasteiger partial charge in [0.1, 0.15) is 0 Å². The van der Waals surface area contributed by atoms with Crippen LogP contribution in [0.3, 0.4) is 0 Å². The summed E-state index contributed by atoms with van der Waals surface area (Å²) in [6, 6.07) is 0. The predicted octanol–water partition coefficient (Wildman–Crippen LogP) is 1.29. The average Bonchev–Trinajstić information content (AvgIpc) is 2.15. The van der Waals surface area contributed by atoms with Crippen LogP contribution in [-0.4, -0.2) is 22.4 Å². The van der Waals surface area contributed by atoms with Gasteiger partial charge in [-0.25, -0.2) is 0 Å².